The normalized spacial score (nSPS) is 9.79. The Kier molecular flexibility index (Phi) is 3.91. The number of aromatic nitrogens is 1. The largest absolute Gasteiger partial charge is 0.388 e. The summed E-state index contributed by atoms with van der Waals surface area (Å²) < 4.78 is 0. The van der Waals surface area contributed by atoms with Gasteiger partial charge in [0.25, 0.3) is 0 Å². The Morgan fingerprint density at radius 1 is 1.50 bits per heavy atom. The van der Waals surface area contributed by atoms with Crippen LogP contribution < -0.4 is 10.6 Å². The first kappa shape index (κ1) is 10.5. The smallest absolute Gasteiger partial charge is 0.0923 e. The van der Waals surface area contributed by atoms with Crippen LogP contribution >= 0.6 is 0 Å². The number of hydrogen-bond donors (Lipinski definition) is 2. The lowest BCUT2D eigenvalue weighted by molar-refractivity contribution is 0.830. The van der Waals surface area contributed by atoms with Gasteiger partial charge < -0.3 is 10.6 Å². The molecular weight excluding hydrogens is 176 g/mol. The van der Waals surface area contributed by atoms with E-state index >= 15 is 0 Å². The SMILES string of the molecule is CCN(CCC(=N)N)c1ccncc1. The first-order chi connectivity index (χ1) is 6.74. The summed E-state index contributed by atoms with van der Waals surface area (Å²) in [5, 5.41) is 7.16. The number of nitrogens with zero attached hydrogens (tertiary/aromatic N) is 2. The lowest BCUT2D eigenvalue weighted by atomic mass is 10.3. The van der Waals surface area contributed by atoms with Crippen molar-refractivity contribution in [3.63, 3.8) is 0 Å². The number of hydrogen-bond acceptors (Lipinski definition) is 3. The van der Waals surface area contributed by atoms with Gasteiger partial charge in [-0.2, -0.15) is 0 Å². The van der Waals surface area contributed by atoms with E-state index in [-0.39, 0.29) is 5.84 Å². The minimum Gasteiger partial charge on any atom is -0.388 e. The highest BCUT2D eigenvalue weighted by Crippen LogP contribution is 2.11. The molecule has 76 valence electrons. The summed E-state index contributed by atoms with van der Waals surface area (Å²) >= 11 is 0. The Hall–Kier alpha value is -1.58. The number of nitrogens with one attached hydrogen (secondary N) is 1. The van der Waals surface area contributed by atoms with Gasteiger partial charge in [0.15, 0.2) is 0 Å². The number of nitrogens with two attached hydrogens (primary N) is 1. The topological polar surface area (TPSA) is 66.0 Å². The van der Waals surface area contributed by atoms with Crippen LogP contribution in [0, 0.1) is 5.41 Å². The zero-order valence-electron chi connectivity index (χ0n) is 8.40. The third-order valence-corrected chi connectivity index (χ3v) is 2.06. The van der Waals surface area contributed by atoms with E-state index in [0.29, 0.717) is 6.42 Å². The molecule has 0 amide bonds. The van der Waals surface area contributed by atoms with Crippen LogP contribution in [0.5, 0.6) is 0 Å². The highest BCUT2D eigenvalue weighted by Gasteiger charge is 2.03. The van der Waals surface area contributed by atoms with Gasteiger partial charge in [-0.05, 0) is 19.1 Å². The van der Waals surface area contributed by atoms with Crippen LogP contribution in [0.25, 0.3) is 0 Å². The fraction of sp³-hybridized carbons (Fsp3) is 0.400. The van der Waals surface area contributed by atoms with Gasteiger partial charge >= 0.3 is 0 Å². The van der Waals surface area contributed by atoms with Crippen molar-refractivity contribution >= 4 is 11.5 Å². The van der Waals surface area contributed by atoms with Crippen LogP contribution in [0.2, 0.25) is 0 Å². The summed E-state index contributed by atoms with van der Waals surface area (Å²) in [6, 6.07) is 3.92. The number of pyridine rings is 1. The molecule has 0 bridgehead atoms. The Bertz CT molecular complexity index is 283. The van der Waals surface area contributed by atoms with Crippen molar-refractivity contribution in [3.8, 4) is 0 Å². The van der Waals surface area contributed by atoms with Gasteiger partial charge in [0.05, 0.1) is 5.84 Å². The van der Waals surface area contributed by atoms with Crippen molar-refractivity contribution in [1.82, 2.24) is 4.98 Å². The average molecular weight is 192 g/mol. The van der Waals surface area contributed by atoms with Gasteiger partial charge in [-0.1, -0.05) is 0 Å². The zero-order chi connectivity index (χ0) is 10.4. The third-order valence-electron chi connectivity index (χ3n) is 2.06. The standard InChI is InChI=1S/C10H16N4/c1-2-14(8-5-10(11)12)9-3-6-13-7-4-9/h3-4,6-7H,2,5,8H2,1H3,(H3,11,12). The minimum absolute atomic E-state index is 0.234. The van der Waals surface area contributed by atoms with Crippen molar-refractivity contribution in [2.45, 2.75) is 13.3 Å². The molecule has 1 aromatic rings. The summed E-state index contributed by atoms with van der Waals surface area (Å²) in [6.07, 6.45) is 4.15. The van der Waals surface area contributed by atoms with Gasteiger partial charge in [-0.15, -0.1) is 0 Å². The van der Waals surface area contributed by atoms with Gasteiger partial charge in [0.2, 0.25) is 0 Å². The van der Waals surface area contributed by atoms with Crippen molar-refractivity contribution in [3.05, 3.63) is 24.5 Å². The molecule has 4 nitrogen and oxygen atoms in total. The molecule has 0 spiro atoms. The lowest BCUT2D eigenvalue weighted by Gasteiger charge is -2.22. The van der Waals surface area contributed by atoms with Gasteiger partial charge in [-0.3, -0.25) is 10.4 Å². The molecule has 0 aliphatic heterocycles. The number of anilines is 1. The number of rotatable bonds is 5. The van der Waals surface area contributed by atoms with Crippen LogP contribution in [0.1, 0.15) is 13.3 Å². The maximum absolute atomic E-state index is 7.16. The molecule has 14 heavy (non-hydrogen) atoms. The van der Waals surface area contributed by atoms with E-state index in [0.717, 1.165) is 18.8 Å². The summed E-state index contributed by atoms with van der Waals surface area (Å²) in [6.45, 7) is 3.79. The molecule has 1 heterocycles. The molecule has 0 aliphatic carbocycles. The minimum atomic E-state index is 0.234. The molecule has 1 aromatic heterocycles. The van der Waals surface area contributed by atoms with Crippen LogP contribution in [0.3, 0.4) is 0 Å². The molecule has 0 saturated carbocycles. The highest BCUT2D eigenvalue weighted by atomic mass is 15.1. The van der Waals surface area contributed by atoms with Crippen LogP contribution in [-0.4, -0.2) is 23.9 Å². The third kappa shape index (κ3) is 3.05. The summed E-state index contributed by atoms with van der Waals surface area (Å²) in [5.41, 5.74) is 6.45. The zero-order valence-corrected chi connectivity index (χ0v) is 8.40. The first-order valence-electron chi connectivity index (χ1n) is 4.72. The van der Waals surface area contributed by atoms with E-state index < -0.39 is 0 Å². The Balaban J connectivity index is 2.58. The van der Waals surface area contributed by atoms with E-state index in [9.17, 15) is 0 Å². The average Bonchev–Trinajstić information content (AvgIpc) is 2.20. The molecule has 0 radical (unpaired) electrons. The maximum atomic E-state index is 7.16. The Labute approximate surface area is 84.3 Å². The quantitative estimate of drug-likeness (QED) is 0.544. The first-order valence-corrected chi connectivity index (χ1v) is 4.72. The predicted octanol–water partition coefficient (Wildman–Crippen LogP) is 1.23. The molecular formula is C10H16N4. The fourth-order valence-electron chi connectivity index (χ4n) is 1.28. The molecule has 0 aliphatic rings. The molecule has 0 saturated heterocycles. The van der Waals surface area contributed by atoms with E-state index in [4.69, 9.17) is 11.1 Å². The molecule has 0 aromatic carbocycles. The predicted molar refractivity (Wildman–Crippen MR) is 58.7 cm³/mol. The second-order valence-electron chi connectivity index (χ2n) is 3.06. The Morgan fingerprint density at radius 3 is 2.64 bits per heavy atom. The van der Waals surface area contributed by atoms with Crippen molar-refractivity contribution in [2.24, 2.45) is 5.73 Å². The summed E-state index contributed by atoms with van der Waals surface area (Å²) in [4.78, 5) is 6.13. The maximum Gasteiger partial charge on any atom is 0.0923 e. The van der Waals surface area contributed by atoms with Crippen LogP contribution in [0.15, 0.2) is 24.5 Å². The molecule has 4 heteroatoms. The molecule has 0 fully saturated rings. The fourth-order valence-corrected chi connectivity index (χ4v) is 1.28. The highest BCUT2D eigenvalue weighted by molar-refractivity contribution is 5.77. The lowest BCUT2D eigenvalue weighted by Crippen LogP contribution is -2.27. The van der Waals surface area contributed by atoms with Crippen molar-refractivity contribution in [1.29, 1.82) is 5.41 Å². The van der Waals surface area contributed by atoms with E-state index in [2.05, 4.69) is 16.8 Å². The summed E-state index contributed by atoms with van der Waals surface area (Å²) in [5.74, 6) is 0.234. The monoisotopic (exact) mass is 192 g/mol. The van der Waals surface area contributed by atoms with E-state index in [1.165, 1.54) is 0 Å². The van der Waals surface area contributed by atoms with E-state index in [1.807, 2.05) is 12.1 Å². The van der Waals surface area contributed by atoms with Gasteiger partial charge in [-0.25, -0.2) is 0 Å². The molecule has 0 atom stereocenters. The van der Waals surface area contributed by atoms with Crippen molar-refractivity contribution in [2.75, 3.05) is 18.0 Å². The second-order valence-corrected chi connectivity index (χ2v) is 3.06. The number of amidine groups is 1. The Morgan fingerprint density at radius 2 is 2.14 bits per heavy atom. The van der Waals surface area contributed by atoms with Crippen LogP contribution in [0.4, 0.5) is 5.69 Å². The molecule has 3 N–H and O–H groups in total. The van der Waals surface area contributed by atoms with Crippen molar-refractivity contribution < 1.29 is 0 Å². The summed E-state index contributed by atoms with van der Waals surface area (Å²) in [7, 11) is 0. The van der Waals surface area contributed by atoms with Crippen LogP contribution in [-0.2, 0) is 0 Å². The van der Waals surface area contributed by atoms with Gasteiger partial charge in [0.1, 0.15) is 0 Å². The van der Waals surface area contributed by atoms with Gasteiger partial charge in [0, 0.05) is 37.6 Å². The van der Waals surface area contributed by atoms with E-state index in [1.54, 1.807) is 12.4 Å². The molecule has 1 rings (SSSR count). The second kappa shape index (κ2) is 5.21. The molecule has 0 unspecified atom stereocenters.